The van der Waals surface area contributed by atoms with Crippen LogP contribution in [-0.4, -0.2) is 41.1 Å². The Morgan fingerprint density at radius 3 is 2.63 bits per heavy atom. The summed E-state index contributed by atoms with van der Waals surface area (Å²) < 4.78 is 16.5. The number of alkyl halides is 1. The highest BCUT2D eigenvalue weighted by atomic mass is 127. The number of methoxy groups -OCH3 is 1. The fourth-order valence-electron chi connectivity index (χ4n) is 3.20. The van der Waals surface area contributed by atoms with E-state index in [-0.39, 0.29) is 35.6 Å². The number of hydrogen-bond donors (Lipinski definition) is 1. The average Bonchev–Trinajstić information content (AvgIpc) is 3.18. The molecule has 0 unspecified atom stereocenters. The minimum atomic E-state index is -0.361. The first-order chi connectivity index (χ1) is 14.5. The van der Waals surface area contributed by atoms with Gasteiger partial charge in [0.25, 0.3) is 5.91 Å². The van der Waals surface area contributed by atoms with Crippen molar-refractivity contribution in [2.75, 3.05) is 26.0 Å². The van der Waals surface area contributed by atoms with E-state index < -0.39 is 0 Å². The molecule has 0 aromatic heterocycles. The van der Waals surface area contributed by atoms with Gasteiger partial charge in [-0.2, -0.15) is 0 Å². The van der Waals surface area contributed by atoms with E-state index in [0.29, 0.717) is 22.7 Å². The van der Waals surface area contributed by atoms with Gasteiger partial charge in [0, 0.05) is 18.3 Å². The smallest absolute Gasteiger partial charge is 0.309 e. The molecule has 1 amide bonds. The number of carbonyl (C=O) groups is 2. The highest BCUT2D eigenvalue weighted by Crippen LogP contribution is 2.34. The molecule has 0 aliphatic carbocycles. The fourth-order valence-corrected chi connectivity index (χ4v) is 4.17. The second-order valence-electron chi connectivity index (χ2n) is 6.91. The number of anilines is 1. The van der Waals surface area contributed by atoms with Gasteiger partial charge < -0.3 is 24.8 Å². The molecule has 1 fully saturated rings. The van der Waals surface area contributed by atoms with Gasteiger partial charge in [-0.3, -0.25) is 9.59 Å². The molecule has 0 bridgehead atoms. The Morgan fingerprint density at radius 2 is 1.97 bits per heavy atom. The van der Waals surface area contributed by atoms with Crippen molar-refractivity contribution in [2.45, 2.75) is 29.9 Å². The number of esters is 1. The zero-order valence-electron chi connectivity index (χ0n) is 16.8. The van der Waals surface area contributed by atoms with Crippen LogP contribution in [0.15, 0.2) is 42.5 Å². The van der Waals surface area contributed by atoms with Crippen LogP contribution in [-0.2, 0) is 16.1 Å². The Morgan fingerprint density at radius 1 is 1.20 bits per heavy atom. The van der Waals surface area contributed by atoms with Crippen molar-refractivity contribution < 1.29 is 23.8 Å². The molecule has 2 aromatic rings. The molecule has 160 valence electrons. The Labute approximate surface area is 189 Å². The number of ether oxygens (including phenoxy) is 3. The molecule has 1 aliphatic heterocycles. The quantitative estimate of drug-likeness (QED) is 0.186. The van der Waals surface area contributed by atoms with Gasteiger partial charge in [-0.15, -0.1) is 0 Å². The van der Waals surface area contributed by atoms with Gasteiger partial charge in [-0.25, -0.2) is 0 Å². The molecule has 0 spiro atoms. The van der Waals surface area contributed by atoms with Crippen LogP contribution in [0.1, 0.15) is 35.2 Å². The molecule has 3 rings (SSSR count). The minimum Gasteiger partial charge on any atom is -0.493 e. The molecule has 1 heterocycles. The maximum absolute atomic E-state index is 12.8. The first-order valence-corrected chi connectivity index (χ1v) is 11.0. The van der Waals surface area contributed by atoms with Gasteiger partial charge in [0.05, 0.1) is 29.7 Å². The number of nitrogens with two attached hydrogens (primary N) is 1. The number of rotatable bonds is 8. The minimum absolute atomic E-state index is 0.0842. The van der Waals surface area contributed by atoms with Crippen molar-refractivity contribution in [3.05, 3.63) is 53.6 Å². The number of benzene rings is 2. The van der Waals surface area contributed by atoms with Crippen LogP contribution in [0.4, 0.5) is 5.69 Å². The van der Waals surface area contributed by atoms with E-state index in [4.69, 9.17) is 19.9 Å². The molecule has 8 heteroatoms. The highest BCUT2D eigenvalue weighted by Gasteiger charge is 2.29. The molecule has 0 radical (unpaired) electrons. The van der Waals surface area contributed by atoms with Crippen LogP contribution in [0.25, 0.3) is 0 Å². The summed E-state index contributed by atoms with van der Waals surface area (Å²) in [5.74, 6) is 0.308. The summed E-state index contributed by atoms with van der Waals surface area (Å²) in [6, 6.07) is 12.6. The highest BCUT2D eigenvalue weighted by molar-refractivity contribution is 14.1. The van der Waals surface area contributed by atoms with Crippen molar-refractivity contribution in [1.29, 1.82) is 0 Å². The molecule has 1 saturated heterocycles. The first kappa shape index (κ1) is 22.2. The lowest BCUT2D eigenvalue weighted by atomic mass is 10.1. The van der Waals surface area contributed by atoms with Gasteiger partial charge >= 0.3 is 5.97 Å². The molecule has 1 atom stereocenters. The van der Waals surface area contributed by atoms with Crippen molar-refractivity contribution >= 4 is 40.2 Å². The summed E-state index contributed by atoms with van der Waals surface area (Å²) >= 11 is 2.27. The normalized spacial score (nSPS) is 15.7. The largest absolute Gasteiger partial charge is 0.493 e. The molecule has 30 heavy (non-hydrogen) atoms. The van der Waals surface area contributed by atoms with E-state index in [1.165, 1.54) is 7.11 Å². The van der Waals surface area contributed by atoms with E-state index in [1.807, 2.05) is 35.2 Å². The van der Waals surface area contributed by atoms with Crippen molar-refractivity contribution in [2.24, 2.45) is 0 Å². The molecule has 1 aliphatic rings. The monoisotopic (exact) mass is 524 g/mol. The summed E-state index contributed by atoms with van der Waals surface area (Å²) in [5, 5.41) is 0. The second-order valence-corrected chi connectivity index (χ2v) is 8.35. The predicted octanol–water partition coefficient (Wildman–Crippen LogP) is 3.79. The van der Waals surface area contributed by atoms with Gasteiger partial charge in [0.1, 0.15) is 6.61 Å². The lowest BCUT2D eigenvalue weighted by Crippen LogP contribution is -2.32. The third kappa shape index (κ3) is 5.56. The van der Waals surface area contributed by atoms with Crippen molar-refractivity contribution in [3.63, 3.8) is 0 Å². The molecule has 2 N–H and O–H groups in total. The van der Waals surface area contributed by atoms with Crippen LogP contribution in [0.2, 0.25) is 0 Å². The maximum atomic E-state index is 12.8. The Hall–Kier alpha value is -2.49. The number of nitrogens with zero attached hydrogens (tertiary/aromatic N) is 1. The summed E-state index contributed by atoms with van der Waals surface area (Å²) in [6.45, 7) is 1.05. The Kier molecular flexibility index (Phi) is 7.78. The van der Waals surface area contributed by atoms with E-state index in [2.05, 4.69) is 22.6 Å². The molecular formula is C22H25IN2O5. The Balaban J connectivity index is 1.57. The lowest BCUT2D eigenvalue weighted by molar-refractivity contribution is -0.145. The van der Waals surface area contributed by atoms with E-state index in [0.717, 1.165) is 24.9 Å². The number of likely N-dealkylation sites (tertiary alicyclic amines) is 1. The Bertz CT molecular complexity index is 891. The summed E-state index contributed by atoms with van der Waals surface area (Å²) in [4.78, 5) is 26.6. The zero-order chi connectivity index (χ0) is 21.5. The van der Waals surface area contributed by atoms with Crippen LogP contribution in [0, 0.1) is 0 Å². The van der Waals surface area contributed by atoms with Gasteiger partial charge in [-0.1, -0.05) is 52.9 Å². The molecule has 7 nitrogen and oxygen atoms in total. The fraction of sp³-hybridized carbons (Fsp3) is 0.364. The van der Waals surface area contributed by atoms with Crippen LogP contribution in [0.5, 0.6) is 11.5 Å². The predicted molar refractivity (Wildman–Crippen MR) is 122 cm³/mol. The van der Waals surface area contributed by atoms with Crippen LogP contribution < -0.4 is 15.2 Å². The number of halogens is 1. The van der Waals surface area contributed by atoms with Gasteiger partial charge in [0.2, 0.25) is 0 Å². The topological polar surface area (TPSA) is 91.1 Å². The molecule has 0 saturated carbocycles. The summed E-state index contributed by atoms with van der Waals surface area (Å²) in [5.41, 5.74) is 7.76. The summed E-state index contributed by atoms with van der Waals surface area (Å²) in [6.07, 6.45) is 2.05. The summed E-state index contributed by atoms with van der Waals surface area (Å²) in [7, 11) is 1.50. The third-order valence-corrected chi connectivity index (χ3v) is 6.11. The van der Waals surface area contributed by atoms with Crippen molar-refractivity contribution in [1.82, 2.24) is 4.90 Å². The van der Waals surface area contributed by atoms with Gasteiger partial charge in [0.15, 0.2) is 11.5 Å². The van der Waals surface area contributed by atoms with E-state index >= 15 is 0 Å². The second kappa shape index (κ2) is 10.5. The van der Waals surface area contributed by atoms with Crippen LogP contribution in [0.3, 0.4) is 0 Å². The van der Waals surface area contributed by atoms with Gasteiger partial charge in [-0.05, 0) is 24.5 Å². The number of amides is 1. The van der Waals surface area contributed by atoms with E-state index in [1.54, 1.807) is 12.1 Å². The maximum Gasteiger partial charge on any atom is 0.309 e. The standard InChI is InChI=1S/C22H25IN2O5/c1-28-18-12-16(22(27)25-10-5-8-20(25)23)17(24)13-19(18)29-11-9-21(26)30-14-15-6-3-2-4-7-15/h2-4,6-7,12-13,20H,5,8-11,14,24H2,1H3/t20-/m0/s1. The molecule has 2 aromatic carbocycles. The average molecular weight is 524 g/mol. The molecular weight excluding hydrogens is 499 g/mol. The number of carbonyl (C=O) groups excluding carboxylic acids is 2. The van der Waals surface area contributed by atoms with Crippen molar-refractivity contribution in [3.8, 4) is 11.5 Å². The zero-order valence-corrected chi connectivity index (χ0v) is 19.0. The first-order valence-electron chi connectivity index (χ1n) is 9.74. The third-order valence-electron chi connectivity index (χ3n) is 4.81. The number of nitrogen functional groups attached to an aromatic ring is 1. The van der Waals surface area contributed by atoms with E-state index in [9.17, 15) is 9.59 Å². The lowest BCUT2D eigenvalue weighted by Gasteiger charge is -2.22. The number of hydrogen-bond acceptors (Lipinski definition) is 6. The SMILES string of the molecule is COc1cc(C(=O)N2CCC[C@H]2I)c(N)cc1OCCC(=O)OCc1ccccc1. The van der Waals surface area contributed by atoms with Crippen LogP contribution >= 0.6 is 22.6 Å².